The van der Waals surface area contributed by atoms with Gasteiger partial charge in [-0.25, -0.2) is 9.97 Å². The van der Waals surface area contributed by atoms with Crippen LogP contribution in [0.25, 0.3) is 0 Å². The lowest BCUT2D eigenvalue weighted by molar-refractivity contribution is 0.593. The molecule has 0 amide bonds. The standard InChI is InChI=1S/C15H13Cl3N3/c16-11-6-20-15(21-7-11)4-10-5-19-8-12(10)9-1-2-13(17)14(18)3-9/h1-4,6-7,10,12,19H,5,8H2. The van der Waals surface area contributed by atoms with Gasteiger partial charge in [0, 0.05) is 31.3 Å². The monoisotopic (exact) mass is 340 g/mol. The van der Waals surface area contributed by atoms with Crippen LogP contribution in [0.1, 0.15) is 17.3 Å². The van der Waals surface area contributed by atoms with E-state index in [1.807, 2.05) is 18.2 Å². The van der Waals surface area contributed by atoms with Crippen molar-refractivity contribution in [3.05, 3.63) is 63.5 Å². The molecule has 0 bridgehead atoms. The summed E-state index contributed by atoms with van der Waals surface area (Å²) in [4.78, 5) is 8.46. The Labute approximate surface area is 138 Å². The Kier molecular flexibility index (Phi) is 4.65. The summed E-state index contributed by atoms with van der Waals surface area (Å²) in [5.41, 5.74) is 1.17. The Morgan fingerprint density at radius 1 is 1.05 bits per heavy atom. The third kappa shape index (κ3) is 3.49. The molecule has 21 heavy (non-hydrogen) atoms. The first-order chi connectivity index (χ1) is 10.1. The van der Waals surface area contributed by atoms with E-state index < -0.39 is 0 Å². The quantitative estimate of drug-likeness (QED) is 0.917. The molecule has 1 N–H and O–H groups in total. The number of benzene rings is 1. The predicted octanol–water partition coefficient (Wildman–Crippen LogP) is 3.99. The zero-order valence-electron chi connectivity index (χ0n) is 11.1. The number of hydrogen-bond acceptors (Lipinski definition) is 3. The lowest BCUT2D eigenvalue weighted by atomic mass is 9.86. The summed E-state index contributed by atoms with van der Waals surface area (Å²) in [5, 5.41) is 5.10. The van der Waals surface area contributed by atoms with Gasteiger partial charge in [0.2, 0.25) is 0 Å². The topological polar surface area (TPSA) is 37.8 Å². The van der Waals surface area contributed by atoms with Crippen LogP contribution in [0, 0.1) is 12.3 Å². The number of aromatic nitrogens is 2. The molecular weight excluding hydrogens is 329 g/mol. The maximum atomic E-state index is 6.12. The highest BCUT2D eigenvalue weighted by molar-refractivity contribution is 6.42. The van der Waals surface area contributed by atoms with Crippen LogP contribution in [-0.2, 0) is 0 Å². The van der Waals surface area contributed by atoms with Crippen molar-refractivity contribution in [1.82, 2.24) is 15.3 Å². The van der Waals surface area contributed by atoms with Crippen molar-refractivity contribution < 1.29 is 0 Å². The van der Waals surface area contributed by atoms with E-state index in [1.165, 1.54) is 5.56 Å². The molecule has 0 saturated carbocycles. The largest absolute Gasteiger partial charge is 0.316 e. The van der Waals surface area contributed by atoms with Crippen LogP contribution in [0.3, 0.4) is 0 Å². The zero-order valence-corrected chi connectivity index (χ0v) is 13.3. The highest BCUT2D eigenvalue weighted by Crippen LogP contribution is 2.34. The van der Waals surface area contributed by atoms with Crippen LogP contribution in [0.5, 0.6) is 0 Å². The van der Waals surface area contributed by atoms with Gasteiger partial charge in [-0.2, -0.15) is 0 Å². The third-order valence-electron chi connectivity index (χ3n) is 3.64. The molecule has 3 rings (SSSR count). The summed E-state index contributed by atoms with van der Waals surface area (Å²) in [6.07, 6.45) is 5.29. The van der Waals surface area contributed by atoms with Gasteiger partial charge in [-0.1, -0.05) is 40.9 Å². The van der Waals surface area contributed by atoms with Gasteiger partial charge in [0.1, 0.15) is 5.82 Å². The fraction of sp³-hybridized carbons (Fsp3) is 0.267. The molecule has 2 atom stereocenters. The Balaban J connectivity index is 1.78. The molecule has 1 radical (unpaired) electrons. The van der Waals surface area contributed by atoms with Crippen molar-refractivity contribution >= 4 is 34.8 Å². The smallest absolute Gasteiger partial charge is 0.132 e. The van der Waals surface area contributed by atoms with E-state index >= 15 is 0 Å². The van der Waals surface area contributed by atoms with Crippen molar-refractivity contribution in [2.24, 2.45) is 5.92 Å². The van der Waals surface area contributed by atoms with Crippen molar-refractivity contribution in [1.29, 1.82) is 0 Å². The number of hydrogen-bond donors (Lipinski definition) is 1. The Hall–Kier alpha value is -0.870. The van der Waals surface area contributed by atoms with Crippen LogP contribution < -0.4 is 5.32 Å². The summed E-state index contributed by atoms with van der Waals surface area (Å²) in [6, 6.07) is 5.80. The van der Waals surface area contributed by atoms with Crippen molar-refractivity contribution in [2.45, 2.75) is 5.92 Å². The SMILES string of the molecule is Clc1cnc([CH]C2CNCC2c2ccc(Cl)c(Cl)c2)nc1. The number of rotatable bonds is 3. The normalized spacial score (nSPS) is 21.7. The van der Waals surface area contributed by atoms with Crippen molar-refractivity contribution in [3.8, 4) is 0 Å². The van der Waals surface area contributed by atoms with E-state index in [4.69, 9.17) is 34.8 Å². The molecule has 0 spiro atoms. The minimum Gasteiger partial charge on any atom is -0.316 e. The molecule has 1 fully saturated rings. The number of nitrogens with zero attached hydrogens (tertiary/aromatic N) is 2. The maximum Gasteiger partial charge on any atom is 0.132 e. The first-order valence-electron chi connectivity index (χ1n) is 6.61. The fourth-order valence-electron chi connectivity index (χ4n) is 2.58. The van der Waals surface area contributed by atoms with Gasteiger partial charge < -0.3 is 5.32 Å². The molecule has 3 nitrogen and oxygen atoms in total. The lowest BCUT2D eigenvalue weighted by Gasteiger charge is -2.18. The Morgan fingerprint density at radius 3 is 2.52 bits per heavy atom. The molecule has 0 aliphatic carbocycles. The van der Waals surface area contributed by atoms with Gasteiger partial charge in [0.15, 0.2) is 0 Å². The fourth-order valence-corrected chi connectivity index (χ4v) is 2.99. The van der Waals surface area contributed by atoms with E-state index in [0.29, 0.717) is 32.7 Å². The van der Waals surface area contributed by atoms with E-state index in [0.717, 1.165) is 13.1 Å². The summed E-state index contributed by atoms with van der Waals surface area (Å²) in [6.45, 7) is 1.78. The number of nitrogens with one attached hydrogen (secondary N) is 1. The minimum atomic E-state index is 0.309. The highest BCUT2D eigenvalue weighted by Gasteiger charge is 2.29. The van der Waals surface area contributed by atoms with Crippen molar-refractivity contribution in [2.75, 3.05) is 13.1 Å². The van der Waals surface area contributed by atoms with Gasteiger partial charge in [0.05, 0.1) is 15.1 Å². The average molecular weight is 342 g/mol. The van der Waals surface area contributed by atoms with Crippen LogP contribution in [0.2, 0.25) is 15.1 Å². The maximum absolute atomic E-state index is 6.12. The van der Waals surface area contributed by atoms with Gasteiger partial charge >= 0.3 is 0 Å². The molecule has 1 aromatic heterocycles. The molecule has 2 heterocycles. The summed E-state index contributed by atoms with van der Waals surface area (Å²) < 4.78 is 0. The Bertz CT molecular complexity index is 631. The zero-order chi connectivity index (χ0) is 14.8. The van der Waals surface area contributed by atoms with Gasteiger partial charge in [-0.3, -0.25) is 0 Å². The third-order valence-corrected chi connectivity index (χ3v) is 4.57. The first-order valence-corrected chi connectivity index (χ1v) is 7.75. The van der Waals surface area contributed by atoms with Gasteiger partial charge in [-0.15, -0.1) is 0 Å². The highest BCUT2D eigenvalue weighted by atomic mass is 35.5. The molecule has 6 heteroatoms. The number of halogens is 3. The summed E-state index contributed by atoms with van der Waals surface area (Å²) >= 11 is 17.9. The Morgan fingerprint density at radius 2 is 1.81 bits per heavy atom. The van der Waals surface area contributed by atoms with Crippen LogP contribution in [0.15, 0.2) is 30.6 Å². The second-order valence-electron chi connectivity index (χ2n) is 5.03. The van der Waals surface area contributed by atoms with Gasteiger partial charge in [0.25, 0.3) is 0 Å². The van der Waals surface area contributed by atoms with Crippen LogP contribution >= 0.6 is 34.8 Å². The average Bonchev–Trinajstić information content (AvgIpc) is 2.92. The minimum absolute atomic E-state index is 0.309. The first kappa shape index (κ1) is 15.0. The van der Waals surface area contributed by atoms with E-state index in [2.05, 4.69) is 21.7 Å². The molecule has 1 aliphatic heterocycles. The molecule has 1 aliphatic rings. The van der Waals surface area contributed by atoms with Crippen LogP contribution in [0.4, 0.5) is 0 Å². The molecule has 109 valence electrons. The van der Waals surface area contributed by atoms with E-state index in [-0.39, 0.29) is 0 Å². The van der Waals surface area contributed by atoms with E-state index in [9.17, 15) is 0 Å². The molecular formula is C15H13Cl3N3. The molecule has 1 saturated heterocycles. The van der Waals surface area contributed by atoms with E-state index in [1.54, 1.807) is 12.4 Å². The molecule has 2 unspecified atom stereocenters. The lowest BCUT2D eigenvalue weighted by Crippen LogP contribution is -2.13. The van der Waals surface area contributed by atoms with Crippen molar-refractivity contribution in [3.63, 3.8) is 0 Å². The predicted molar refractivity (Wildman–Crippen MR) is 86.0 cm³/mol. The second kappa shape index (κ2) is 6.49. The second-order valence-corrected chi connectivity index (χ2v) is 6.28. The molecule has 1 aromatic carbocycles. The van der Waals surface area contributed by atoms with Gasteiger partial charge in [-0.05, 0) is 30.2 Å². The molecule has 2 aromatic rings. The van der Waals surface area contributed by atoms with Crippen LogP contribution in [-0.4, -0.2) is 23.1 Å². The summed E-state index contributed by atoms with van der Waals surface area (Å²) in [5.74, 6) is 1.33. The summed E-state index contributed by atoms with van der Waals surface area (Å²) in [7, 11) is 0.